The standard InChI is InChI=1S/C9H9Cl2NO2/c1-4-7(10)9(14-6(3)13)8(11)5(2)12-4/h1-3H3. The largest absolute Gasteiger partial charge is 0.423 e. The van der Waals surface area contributed by atoms with Crippen LogP contribution >= 0.6 is 23.2 Å². The van der Waals surface area contributed by atoms with Crippen LogP contribution in [-0.4, -0.2) is 11.0 Å². The summed E-state index contributed by atoms with van der Waals surface area (Å²) >= 11 is 11.8. The number of hydrogen-bond acceptors (Lipinski definition) is 3. The van der Waals surface area contributed by atoms with Crippen LogP contribution in [0.4, 0.5) is 0 Å². The van der Waals surface area contributed by atoms with E-state index < -0.39 is 5.97 Å². The van der Waals surface area contributed by atoms with Crippen LogP contribution in [0.2, 0.25) is 10.0 Å². The Labute approximate surface area is 92.0 Å². The van der Waals surface area contributed by atoms with E-state index >= 15 is 0 Å². The maximum Gasteiger partial charge on any atom is 0.308 e. The molecule has 1 aromatic heterocycles. The van der Waals surface area contributed by atoms with Gasteiger partial charge in [-0.15, -0.1) is 0 Å². The van der Waals surface area contributed by atoms with Crippen molar-refractivity contribution in [1.29, 1.82) is 0 Å². The van der Waals surface area contributed by atoms with Crippen molar-refractivity contribution in [2.75, 3.05) is 0 Å². The first kappa shape index (κ1) is 11.3. The first-order valence-electron chi connectivity index (χ1n) is 3.94. The second-order valence-electron chi connectivity index (χ2n) is 2.83. The second kappa shape index (κ2) is 4.15. The Hall–Kier alpha value is -0.800. The summed E-state index contributed by atoms with van der Waals surface area (Å²) in [6.45, 7) is 4.73. The predicted octanol–water partition coefficient (Wildman–Crippen LogP) is 2.93. The van der Waals surface area contributed by atoms with E-state index in [1.165, 1.54) is 6.92 Å². The summed E-state index contributed by atoms with van der Waals surface area (Å²) in [5, 5.41) is 0.548. The lowest BCUT2D eigenvalue weighted by atomic mass is 10.3. The van der Waals surface area contributed by atoms with Crippen LogP contribution < -0.4 is 4.74 Å². The maximum atomic E-state index is 10.8. The average Bonchev–Trinajstić information content (AvgIpc) is 2.09. The van der Waals surface area contributed by atoms with Gasteiger partial charge in [0.05, 0.1) is 11.4 Å². The van der Waals surface area contributed by atoms with Crippen LogP contribution in [0.3, 0.4) is 0 Å². The minimum Gasteiger partial charge on any atom is -0.423 e. The Morgan fingerprint density at radius 3 is 2.00 bits per heavy atom. The SMILES string of the molecule is CC(=O)Oc1c(Cl)c(C)nc(C)c1Cl. The molecule has 0 N–H and O–H groups in total. The smallest absolute Gasteiger partial charge is 0.308 e. The molecule has 0 saturated heterocycles. The quantitative estimate of drug-likeness (QED) is 0.701. The van der Waals surface area contributed by atoms with E-state index in [4.69, 9.17) is 27.9 Å². The number of pyridine rings is 1. The van der Waals surface area contributed by atoms with Gasteiger partial charge in [-0.1, -0.05) is 23.2 Å². The Balaban J connectivity index is 3.31. The number of hydrogen-bond donors (Lipinski definition) is 0. The van der Waals surface area contributed by atoms with Gasteiger partial charge in [0.15, 0.2) is 5.75 Å². The van der Waals surface area contributed by atoms with E-state index in [1.807, 2.05) is 0 Å². The molecule has 0 saturated carbocycles. The zero-order chi connectivity index (χ0) is 10.9. The zero-order valence-electron chi connectivity index (χ0n) is 8.02. The lowest BCUT2D eigenvalue weighted by Crippen LogP contribution is -2.04. The maximum absolute atomic E-state index is 10.8. The fourth-order valence-electron chi connectivity index (χ4n) is 1.01. The summed E-state index contributed by atoms with van der Waals surface area (Å²) in [6.07, 6.45) is 0. The number of halogens is 2. The Morgan fingerprint density at radius 1 is 1.21 bits per heavy atom. The van der Waals surface area contributed by atoms with Crippen molar-refractivity contribution in [3.63, 3.8) is 0 Å². The summed E-state index contributed by atoms with van der Waals surface area (Å²) in [5.74, 6) is -0.273. The molecule has 0 aliphatic rings. The molecule has 0 spiro atoms. The van der Waals surface area contributed by atoms with Crippen LogP contribution in [0, 0.1) is 13.8 Å². The summed E-state index contributed by atoms with van der Waals surface area (Å²) in [4.78, 5) is 14.9. The first-order valence-corrected chi connectivity index (χ1v) is 4.69. The molecule has 0 radical (unpaired) electrons. The number of nitrogens with zero attached hydrogens (tertiary/aromatic N) is 1. The van der Waals surface area contributed by atoms with Crippen molar-refractivity contribution in [3.8, 4) is 5.75 Å². The van der Waals surface area contributed by atoms with E-state index in [0.29, 0.717) is 11.4 Å². The van der Waals surface area contributed by atoms with Crippen molar-refractivity contribution < 1.29 is 9.53 Å². The molecule has 0 fully saturated rings. The molecule has 0 amide bonds. The number of ether oxygens (including phenoxy) is 1. The molecule has 14 heavy (non-hydrogen) atoms. The van der Waals surface area contributed by atoms with Crippen LogP contribution in [0.15, 0.2) is 0 Å². The molecule has 3 nitrogen and oxygen atoms in total. The van der Waals surface area contributed by atoms with Crippen LogP contribution in [0.5, 0.6) is 5.75 Å². The van der Waals surface area contributed by atoms with Gasteiger partial charge in [-0.3, -0.25) is 9.78 Å². The van der Waals surface area contributed by atoms with Gasteiger partial charge in [0.1, 0.15) is 10.0 Å². The molecule has 0 aliphatic heterocycles. The highest BCUT2D eigenvalue weighted by Gasteiger charge is 2.15. The third-order valence-electron chi connectivity index (χ3n) is 1.62. The lowest BCUT2D eigenvalue weighted by molar-refractivity contribution is -0.131. The van der Waals surface area contributed by atoms with Gasteiger partial charge in [-0.05, 0) is 13.8 Å². The molecule has 0 atom stereocenters. The molecule has 76 valence electrons. The van der Waals surface area contributed by atoms with Crippen molar-refractivity contribution >= 4 is 29.2 Å². The number of rotatable bonds is 1. The van der Waals surface area contributed by atoms with Crippen LogP contribution in [0.25, 0.3) is 0 Å². The second-order valence-corrected chi connectivity index (χ2v) is 3.59. The summed E-state index contributed by atoms with van der Waals surface area (Å²) in [7, 11) is 0. The highest BCUT2D eigenvalue weighted by molar-refractivity contribution is 6.37. The summed E-state index contributed by atoms with van der Waals surface area (Å²) < 4.78 is 4.89. The third kappa shape index (κ3) is 2.16. The number of aromatic nitrogens is 1. The summed E-state index contributed by atoms with van der Waals surface area (Å²) in [6, 6.07) is 0. The molecule has 1 rings (SSSR count). The number of carbonyl (C=O) groups excluding carboxylic acids is 1. The molecular weight excluding hydrogens is 225 g/mol. The monoisotopic (exact) mass is 233 g/mol. The average molecular weight is 234 g/mol. The highest BCUT2D eigenvalue weighted by Crippen LogP contribution is 2.36. The molecular formula is C9H9Cl2NO2. The minimum absolute atomic E-state index is 0.186. The van der Waals surface area contributed by atoms with Crippen molar-refractivity contribution in [2.24, 2.45) is 0 Å². The van der Waals surface area contributed by atoms with E-state index in [9.17, 15) is 4.79 Å². The van der Waals surface area contributed by atoms with Gasteiger partial charge in [-0.2, -0.15) is 0 Å². The van der Waals surface area contributed by atoms with Gasteiger partial charge in [0.25, 0.3) is 0 Å². The van der Waals surface area contributed by atoms with Gasteiger partial charge < -0.3 is 4.74 Å². The molecule has 1 aromatic rings. The van der Waals surface area contributed by atoms with Crippen molar-refractivity contribution in [3.05, 3.63) is 21.4 Å². The van der Waals surface area contributed by atoms with Crippen molar-refractivity contribution in [1.82, 2.24) is 4.98 Å². The molecule has 0 bridgehead atoms. The topological polar surface area (TPSA) is 39.2 Å². The first-order chi connectivity index (χ1) is 6.43. The molecule has 0 aliphatic carbocycles. The molecule has 0 unspecified atom stereocenters. The predicted molar refractivity (Wildman–Crippen MR) is 55.0 cm³/mol. The number of carbonyl (C=O) groups is 1. The van der Waals surface area contributed by atoms with Crippen molar-refractivity contribution in [2.45, 2.75) is 20.8 Å². The third-order valence-corrected chi connectivity index (χ3v) is 2.51. The molecule has 5 heteroatoms. The molecule has 0 aromatic carbocycles. The highest BCUT2D eigenvalue weighted by atomic mass is 35.5. The Kier molecular flexibility index (Phi) is 3.34. The lowest BCUT2D eigenvalue weighted by Gasteiger charge is -2.09. The summed E-state index contributed by atoms with van der Waals surface area (Å²) in [5.41, 5.74) is 1.18. The van der Waals surface area contributed by atoms with E-state index in [-0.39, 0.29) is 15.8 Å². The van der Waals surface area contributed by atoms with Crippen LogP contribution in [-0.2, 0) is 4.79 Å². The fourth-order valence-corrected chi connectivity index (χ4v) is 1.41. The normalized spacial score (nSPS) is 10.1. The van der Waals surface area contributed by atoms with Crippen LogP contribution in [0.1, 0.15) is 18.3 Å². The van der Waals surface area contributed by atoms with E-state index in [1.54, 1.807) is 13.8 Å². The van der Waals surface area contributed by atoms with Gasteiger partial charge in [-0.25, -0.2) is 0 Å². The van der Waals surface area contributed by atoms with Gasteiger partial charge in [0.2, 0.25) is 0 Å². The van der Waals surface area contributed by atoms with Gasteiger partial charge in [0, 0.05) is 6.92 Å². The number of esters is 1. The zero-order valence-corrected chi connectivity index (χ0v) is 9.53. The fraction of sp³-hybridized carbons (Fsp3) is 0.333. The Bertz CT molecular complexity index is 365. The van der Waals surface area contributed by atoms with E-state index in [2.05, 4.69) is 4.98 Å². The minimum atomic E-state index is -0.459. The number of aryl methyl sites for hydroxylation is 2. The molecule has 1 heterocycles. The Morgan fingerprint density at radius 2 is 1.64 bits per heavy atom. The van der Waals surface area contributed by atoms with E-state index in [0.717, 1.165) is 0 Å². The van der Waals surface area contributed by atoms with Gasteiger partial charge >= 0.3 is 5.97 Å².